The van der Waals surface area contributed by atoms with Gasteiger partial charge in [-0.15, -0.1) is 0 Å². The molecule has 0 amide bonds. The second-order valence-electron chi connectivity index (χ2n) is 4.05. The molecule has 0 fully saturated rings. The maximum atomic E-state index is 11.7. The van der Waals surface area contributed by atoms with E-state index in [9.17, 15) is 4.79 Å². The summed E-state index contributed by atoms with van der Waals surface area (Å²) in [4.78, 5) is 13.8. The fraction of sp³-hybridized carbons (Fsp3) is 0.462. The first kappa shape index (κ1) is 11.9. The summed E-state index contributed by atoms with van der Waals surface area (Å²) in [5.74, 6) is 0.259. The Morgan fingerprint density at radius 2 is 1.80 bits per heavy atom. The lowest BCUT2D eigenvalue weighted by Crippen LogP contribution is -2.13. The van der Waals surface area contributed by atoms with Gasteiger partial charge in [-0.2, -0.15) is 0 Å². The van der Waals surface area contributed by atoms with Crippen LogP contribution in [0.4, 0.5) is 0 Å². The summed E-state index contributed by atoms with van der Waals surface area (Å²) < 4.78 is 0. The normalized spacial score (nSPS) is 10.6. The quantitative estimate of drug-likeness (QED) is 0.525. The van der Waals surface area contributed by atoms with Gasteiger partial charge in [-0.1, -0.05) is 30.3 Å². The highest BCUT2D eigenvalue weighted by Gasteiger charge is 2.03. The Labute approximate surface area is 91.9 Å². The number of rotatable bonds is 6. The monoisotopic (exact) mass is 205 g/mol. The van der Waals surface area contributed by atoms with E-state index >= 15 is 0 Å². The number of hydrogen-bond donors (Lipinski definition) is 0. The fourth-order valence-corrected chi connectivity index (χ4v) is 1.48. The lowest BCUT2D eigenvalue weighted by atomic mass is 10.1. The molecule has 0 aliphatic heterocycles. The Morgan fingerprint density at radius 1 is 1.13 bits per heavy atom. The number of unbranched alkanes of at least 4 members (excludes halogenated alkanes) is 1. The molecule has 0 aliphatic rings. The first-order chi connectivity index (χ1) is 7.20. The summed E-state index contributed by atoms with van der Waals surface area (Å²) in [6.45, 7) is 1.06. The molecule has 0 aliphatic carbocycles. The summed E-state index contributed by atoms with van der Waals surface area (Å²) in [7, 11) is 4.11. The Bertz CT molecular complexity index is 293. The molecule has 1 rings (SSSR count). The second kappa shape index (κ2) is 6.36. The maximum Gasteiger partial charge on any atom is 0.162 e. The standard InChI is InChI=1S/C13H19NO/c1-14(2)11-7-6-10-13(15)12-8-4-3-5-9-12/h3-5,8-9H,6-7,10-11H2,1-2H3. The molecule has 0 heterocycles. The van der Waals surface area contributed by atoms with E-state index in [1.54, 1.807) is 0 Å². The Balaban J connectivity index is 2.25. The van der Waals surface area contributed by atoms with Crippen LogP contribution >= 0.6 is 0 Å². The van der Waals surface area contributed by atoms with Gasteiger partial charge >= 0.3 is 0 Å². The van der Waals surface area contributed by atoms with Crippen molar-refractivity contribution in [3.05, 3.63) is 35.9 Å². The smallest absolute Gasteiger partial charge is 0.162 e. The highest BCUT2D eigenvalue weighted by Crippen LogP contribution is 2.06. The number of Topliss-reactive ketones (excluding diaryl/α,β-unsaturated/α-hetero) is 1. The fourth-order valence-electron chi connectivity index (χ4n) is 1.48. The van der Waals surface area contributed by atoms with E-state index < -0.39 is 0 Å². The number of hydrogen-bond acceptors (Lipinski definition) is 2. The average molecular weight is 205 g/mol. The molecular weight excluding hydrogens is 186 g/mol. The lowest BCUT2D eigenvalue weighted by Gasteiger charge is -2.08. The molecule has 0 saturated carbocycles. The van der Waals surface area contributed by atoms with Crippen molar-refractivity contribution in [1.29, 1.82) is 0 Å². The molecule has 82 valence electrons. The van der Waals surface area contributed by atoms with E-state index in [0.717, 1.165) is 24.9 Å². The minimum atomic E-state index is 0.259. The third-order valence-corrected chi connectivity index (χ3v) is 2.35. The zero-order valence-electron chi connectivity index (χ0n) is 9.57. The molecule has 0 spiro atoms. The molecule has 0 aromatic heterocycles. The zero-order valence-corrected chi connectivity index (χ0v) is 9.57. The summed E-state index contributed by atoms with van der Waals surface area (Å²) in [6, 6.07) is 9.52. The molecule has 1 aromatic carbocycles. The molecule has 0 N–H and O–H groups in total. The summed E-state index contributed by atoms with van der Waals surface area (Å²) in [6.07, 6.45) is 2.73. The van der Waals surface area contributed by atoms with Gasteiger partial charge in [-0.3, -0.25) is 4.79 Å². The predicted molar refractivity (Wildman–Crippen MR) is 63.2 cm³/mol. The van der Waals surface area contributed by atoms with Gasteiger partial charge in [0.1, 0.15) is 0 Å². The molecule has 0 bridgehead atoms. The van der Waals surface area contributed by atoms with Crippen LogP contribution in [0.5, 0.6) is 0 Å². The SMILES string of the molecule is CN(C)CCCCC(=O)c1ccccc1. The van der Waals surface area contributed by atoms with Gasteiger partial charge in [0.25, 0.3) is 0 Å². The number of ketones is 1. The largest absolute Gasteiger partial charge is 0.309 e. The van der Waals surface area contributed by atoms with Gasteiger partial charge in [0.15, 0.2) is 5.78 Å². The van der Waals surface area contributed by atoms with Crippen LogP contribution in [0.3, 0.4) is 0 Å². The van der Waals surface area contributed by atoms with E-state index in [1.165, 1.54) is 0 Å². The van der Waals surface area contributed by atoms with Crippen LogP contribution in [0.2, 0.25) is 0 Å². The molecule has 0 saturated heterocycles. The van der Waals surface area contributed by atoms with Gasteiger partial charge in [-0.25, -0.2) is 0 Å². The van der Waals surface area contributed by atoms with Gasteiger partial charge in [0.05, 0.1) is 0 Å². The predicted octanol–water partition coefficient (Wildman–Crippen LogP) is 2.60. The summed E-state index contributed by atoms with van der Waals surface area (Å²) in [5.41, 5.74) is 0.836. The minimum absolute atomic E-state index is 0.259. The van der Waals surface area contributed by atoms with Crippen LogP contribution in [0, 0.1) is 0 Å². The topological polar surface area (TPSA) is 20.3 Å². The number of carbonyl (C=O) groups excluding carboxylic acids is 1. The van der Waals surface area contributed by atoms with Crippen molar-refractivity contribution in [3.8, 4) is 0 Å². The van der Waals surface area contributed by atoms with E-state index in [2.05, 4.69) is 19.0 Å². The van der Waals surface area contributed by atoms with Crippen molar-refractivity contribution in [2.45, 2.75) is 19.3 Å². The Morgan fingerprint density at radius 3 is 2.40 bits per heavy atom. The van der Waals surface area contributed by atoms with E-state index in [1.807, 2.05) is 30.3 Å². The molecule has 0 radical (unpaired) electrons. The van der Waals surface area contributed by atoms with Crippen molar-refractivity contribution in [2.75, 3.05) is 20.6 Å². The van der Waals surface area contributed by atoms with Crippen molar-refractivity contribution in [3.63, 3.8) is 0 Å². The number of carbonyl (C=O) groups is 1. The van der Waals surface area contributed by atoms with Gasteiger partial charge in [0.2, 0.25) is 0 Å². The number of nitrogens with zero attached hydrogens (tertiary/aromatic N) is 1. The van der Waals surface area contributed by atoms with Crippen LogP contribution in [0.15, 0.2) is 30.3 Å². The van der Waals surface area contributed by atoms with Crippen LogP contribution in [-0.2, 0) is 0 Å². The minimum Gasteiger partial charge on any atom is -0.309 e. The molecule has 0 unspecified atom stereocenters. The van der Waals surface area contributed by atoms with E-state index in [4.69, 9.17) is 0 Å². The van der Waals surface area contributed by atoms with Gasteiger partial charge in [-0.05, 0) is 33.5 Å². The zero-order chi connectivity index (χ0) is 11.1. The van der Waals surface area contributed by atoms with Crippen molar-refractivity contribution in [2.24, 2.45) is 0 Å². The average Bonchev–Trinajstić information content (AvgIpc) is 2.25. The summed E-state index contributed by atoms with van der Waals surface area (Å²) in [5, 5.41) is 0. The first-order valence-electron chi connectivity index (χ1n) is 5.43. The van der Waals surface area contributed by atoms with Gasteiger partial charge < -0.3 is 4.90 Å². The third-order valence-electron chi connectivity index (χ3n) is 2.35. The maximum absolute atomic E-state index is 11.7. The van der Waals surface area contributed by atoms with Crippen LogP contribution in [-0.4, -0.2) is 31.3 Å². The Hall–Kier alpha value is -1.15. The van der Waals surface area contributed by atoms with Crippen molar-refractivity contribution >= 4 is 5.78 Å². The van der Waals surface area contributed by atoms with E-state index in [-0.39, 0.29) is 5.78 Å². The third kappa shape index (κ3) is 4.75. The Kier molecular flexibility index (Phi) is 5.05. The molecule has 0 atom stereocenters. The molecule has 2 heteroatoms. The van der Waals surface area contributed by atoms with Crippen LogP contribution < -0.4 is 0 Å². The van der Waals surface area contributed by atoms with Crippen molar-refractivity contribution < 1.29 is 4.79 Å². The van der Waals surface area contributed by atoms with E-state index in [0.29, 0.717) is 6.42 Å². The molecule has 1 aromatic rings. The first-order valence-corrected chi connectivity index (χ1v) is 5.43. The molecule has 15 heavy (non-hydrogen) atoms. The lowest BCUT2D eigenvalue weighted by molar-refractivity contribution is 0.0978. The van der Waals surface area contributed by atoms with Crippen molar-refractivity contribution in [1.82, 2.24) is 4.90 Å². The highest BCUT2D eigenvalue weighted by atomic mass is 16.1. The van der Waals surface area contributed by atoms with Crippen LogP contribution in [0.1, 0.15) is 29.6 Å². The second-order valence-corrected chi connectivity index (χ2v) is 4.05. The molecule has 2 nitrogen and oxygen atoms in total. The molecular formula is C13H19NO. The number of benzene rings is 1. The summed E-state index contributed by atoms with van der Waals surface area (Å²) >= 11 is 0. The van der Waals surface area contributed by atoms with Crippen LogP contribution in [0.25, 0.3) is 0 Å². The van der Waals surface area contributed by atoms with Gasteiger partial charge in [0, 0.05) is 12.0 Å². The highest BCUT2D eigenvalue weighted by molar-refractivity contribution is 5.95.